The normalized spacial score (nSPS) is 18.0. The van der Waals surface area contributed by atoms with Gasteiger partial charge in [-0.1, -0.05) is 29.5 Å². The summed E-state index contributed by atoms with van der Waals surface area (Å²) in [5, 5.41) is 5.54. The second-order valence-electron chi connectivity index (χ2n) is 5.95. The smallest absolute Gasteiger partial charge is 0.188 e. The van der Waals surface area contributed by atoms with Crippen molar-refractivity contribution in [3.63, 3.8) is 0 Å². The second kappa shape index (κ2) is 5.53. The molecule has 1 aliphatic rings. The Morgan fingerprint density at radius 1 is 1.30 bits per heavy atom. The van der Waals surface area contributed by atoms with E-state index in [1.165, 1.54) is 16.7 Å². The van der Waals surface area contributed by atoms with E-state index < -0.39 is 0 Å². The van der Waals surface area contributed by atoms with Crippen LogP contribution >= 0.6 is 11.3 Å². The molecule has 0 radical (unpaired) electrons. The summed E-state index contributed by atoms with van der Waals surface area (Å²) in [6.07, 6.45) is 2.31. The van der Waals surface area contributed by atoms with Crippen LogP contribution in [0.25, 0.3) is 10.3 Å². The average Bonchev–Trinajstić information content (AvgIpc) is 3.25. The van der Waals surface area contributed by atoms with E-state index in [1.807, 2.05) is 30.8 Å². The van der Waals surface area contributed by atoms with Crippen molar-refractivity contribution in [2.75, 3.05) is 18.6 Å². The fraction of sp³-hybridized carbons (Fsp3) is 0.412. The van der Waals surface area contributed by atoms with Crippen LogP contribution in [-0.2, 0) is 7.05 Å². The Bertz CT molecular complexity index is 819. The summed E-state index contributed by atoms with van der Waals surface area (Å²) < 4.78 is 8.63. The van der Waals surface area contributed by atoms with Crippen LogP contribution in [0.5, 0.6) is 5.75 Å². The molecule has 0 unspecified atom stereocenters. The molecule has 6 heteroatoms. The van der Waals surface area contributed by atoms with Crippen LogP contribution < -0.4 is 9.64 Å². The summed E-state index contributed by atoms with van der Waals surface area (Å²) in [6.45, 7) is 3.08. The number of para-hydroxylation sites is 1. The van der Waals surface area contributed by atoms with Gasteiger partial charge in [-0.25, -0.2) is 9.67 Å². The van der Waals surface area contributed by atoms with E-state index in [0.29, 0.717) is 6.04 Å². The van der Waals surface area contributed by atoms with Gasteiger partial charge in [0, 0.05) is 19.2 Å². The first-order valence-electron chi connectivity index (χ1n) is 7.88. The predicted octanol–water partition coefficient (Wildman–Crippen LogP) is 3.69. The van der Waals surface area contributed by atoms with Crippen LogP contribution in [-0.4, -0.2) is 28.4 Å². The van der Waals surface area contributed by atoms with Gasteiger partial charge in [-0.05, 0) is 25.8 Å². The maximum absolute atomic E-state index is 5.57. The molecule has 0 aliphatic carbocycles. The number of aryl methyl sites for hydroxylation is 2. The van der Waals surface area contributed by atoms with Crippen LogP contribution in [0.3, 0.4) is 0 Å². The number of ether oxygens (including phenoxy) is 1. The van der Waals surface area contributed by atoms with Gasteiger partial charge >= 0.3 is 0 Å². The molecule has 1 fully saturated rings. The quantitative estimate of drug-likeness (QED) is 0.735. The van der Waals surface area contributed by atoms with E-state index in [0.717, 1.165) is 35.2 Å². The van der Waals surface area contributed by atoms with E-state index >= 15 is 0 Å². The molecule has 1 atom stereocenters. The van der Waals surface area contributed by atoms with Gasteiger partial charge in [-0.15, -0.1) is 0 Å². The molecule has 0 amide bonds. The lowest BCUT2D eigenvalue weighted by Gasteiger charge is -2.25. The highest BCUT2D eigenvalue weighted by atomic mass is 32.1. The van der Waals surface area contributed by atoms with Crippen molar-refractivity contribution in [2.45, 2.75) is 25.8 Å². The van der Waals surface area contributed by atoms with Gasteiger partial charge in [0.2, 0.25) is 0 Å². The Morgan fingerprint density at radius 2 is 2.13 bits per heavy atom. The Hall–Kier alpha value is -2.08. The molecule has 0 saturated carbocycles. The second-order valence-corrected chi connectivity index (χ2v) is 6.93. The third-order valence-corrected chi connectivity index (χ3v) is 5.72. The molecular formula is C17H20N4OS. The van der Waals surface area contributed by atoms with Gasteiger partial charge in [-0.3, -0.25) is 0 Å². The molecule has 0 N–H and O–H groups in total. The summed E-state index contributed by atoms with van der Waals surface area (Å²) in [7, 11) is 3.70. The van der Waals surface area contributed by atoms with Gasteiger partial charge in [0.25, 0.3) is 0 Å². The SMILES string of the molecule is COc1ccccc1[C@@H]1CCCN1c1nc2c(s1)c(C)nn2C. The van der Waals surface area contributed by atoms with E-state index in [2.05, 4.69) is 22.1 Å². The number of hydrogen-bond donors (Lipinski definition) is 0. The lowest BCUT2D eigenvalue weighted by Crippen LogP contribution is -2.22. The van der Waals surface area contributed by atoms with Crippen molar-refractivity contribution >= 4 is 26.8 Å². The molecule has 2 aromatic heterocycles. The highest BCUT2D eigenvalue weighted by molar-refractivity contribution is 7.22. The summed E-state index contributed by atoms with van der Waals surface area (Å²) in [4.78, 5) is 7.27. The highest BCUT2D eigenvalue weighted by Crippen LogP contribution is 2.42. The van der Waals surface area contributed by atoms with E-state index in [-0.39, 0.29) is 0 Å². The van der Waals surface area contributed by atoms with Gasteiger partial charge in [0.1, 0.15) is 5.75 Å². The molecule has 1 aromatic carbocycles. The summed E-state index contributed by atoms with van der Waals surface area (Å²) >= 11 is 1.74. The number of fused-ring (bicyclic) bond motifs is 1. The van der Waals surface area contributed by atoms with Gasteiger partial charge in [-0.2, -0.15) is 5.10 Å². The van der Waals surface area contributed by atoms with Gasteiger partial charge in [0.05, 0.1) is 23.5 Å². The van der Waals surface area contributed by atoms with Crippen molar-refractivity contribution in [2.24, 2.45) is 7.05 Å². The molecule has 0 spiro atoms. The third-order valence-electron chi connectivity index (χ3n) is 4.53. The van der Waals surface area contributed by atoms with Crippen LogP contribution in [0.15, 0.2) is 24.3 Å². The maximum atomic E-state index is 5.57. The van der Waals surface area contributed by atoms with E-state index in [4.69, 9.17) is 9.72 Å². The lowest BCUT2D eigenvalue weighted by atomic mass is 10.0. The number of rotatable bonds is 3. The molecule has 0 bridgehead atoms. The Balaban J connectivity index is 1.75. The number of anilines is 1. The number of thiazole rings is 1. The number of benzene rings is 1. The molecule has 23 heavy (non-hydrogen) atoms. The van der Waals surface area contributed by atoms with Crippen molar-refractivity contribution in [1.82, 2.24) is 14.8 Å². The molecular weight excluding hydrogens is 308 g/mol. The first-order chi connectivity index (χ1) is 11.2. The van der Waals surface area contributed by atoms with Crippen molar-refractivity contribution in [3.05, 3.63) is 35.5 Å². The lowest BCUT2D eigenvalue weighted by molar-refractivity contribution is 0.405. The van der Waals surface area contributed by atoms with E-state index in [9.17, 15) is 0 Å². The number of hydrogen-bond acceptors (Lipinski definition) is 5. The fourth-order valence-corrected chi connectivity index (χ4v) is 4.57. The number of aromatic nitrogens is 3. The minimum Gasteiger partial charge on any atom is -0.496 e. The zero-order valence-electron chi connectivity index (χ0n) is 13.6. The largest absolute Gasteiger partial charge is 0.496 e. The Kier molecular flexibility index (Phi) is 3.49. The predicted molar refractivity (Wildman–Crippen MR) is 93.4 cm³/mol. The molecule has 120 valence electrons. The first-order valence-corrected chi connectivity index (χ1v) is 8.70. The maximum Gasteiger partial charge on any atom is 0.188 e. The monoisotopic (exact) mass is 328 g/mol. The van der Waals surface area contributed by atoms with Crippen molar-refractivity contribution in [3.8, 4) is 5.75 Å². The Labute approximate surface area is 139 Å². The van der Waals surface area contributed by atoms with Crippen molar-refractivity contribution in [1.29, 1.82) is 0 Å². The zero-order chi connectivity index (χ0) is 16.0. The Morgan fingerprint density at radius 3 is 2.91 bits per heavy atom. The zero-order valence-corrected chi connectivity index (χ0v) is 14.4. The molecule has 4 rings (SSSR count). The molecule has 1 aliphatic heterocycles. The third kappa shape index (κ3) is 2.28. The number of methoxy groups -OCH3 is 1. The minimum atomic E-state index is 0.333. The summed E-state index contributed by atoms with van der Waals surface area (Å²) in [5.41, 5.74) is 3.29. The molecule has 5 nitrogen and oxygen atoms in total. The standard InChI is InChI=1S/C17H20N4OS/c1-11-15-16(20(2)19-11)18-17(23-15)21-10-6-8-13(21)12-7-4-5-9-14(12)22-3/h4-5,7,9,13H,6,8,10H2,1-3H3/t13-/m0/s1. The average molecular weight is 328 g/mol. The summed E-state index contributed by atoms with van der Waals surface area (Å²) in [5.74, 6) is 0.961. The van der Waals surface area contributed by atoms with Gasteiger partial charge in [0.15, 0.2) is 10.8 Å². The van der Waals surface area contributed by atoms with Crippen LogP contribution in [0, 0.1) is 6.92 Å². The molecule has 1 saturated heterocycles. The molecule has 3 heterocycles. The minimum absolute atomic E-state index is 0.333. The summed E-state index contributed by atoms with van der Waals surface area (Å²) in [6, 6.07) is 8.65. The molecule has 3 aromatic rings. The van der Waals surface area contributed by atoms with Crippen LogP contribution in [0.1, 0.15) is 30.1 Å². The van der Waals surface area contributed by atoms with Crippen LogP contribution in [0.4, 0.5) is 5.13 Å². The van der Waals surface area contributed by atoms with Crippen LogP contribution in [0.2, 0.25) is 0 Å². The van der Waals surface area contributed by atoms with Gasteiger partial charge < -0.3 is 9.64 Å². The fourth-order valence-electron chi connectivity index (χ4n) is 3.46. The van der Waals surface area contributed by atoms with E-state index in [1.54, 1.807) is 18.4 Å². The highest BCUT2D eigenvalue weighted by Gasteiger charge is 2.31. The first kappa shape index (κ1) is 14.5. The number of nitrogens with zero attached hydrogens (tertiary/aromatic N) is 4. The van der Waals surface area contributed by atoms with Crippen molar-refractivity contribution < 1.29 is 4.74 Å². The topological polar surface area (TPSA) is 43.2 Å².